The van der Waals surface area contributed by atoms with Gasteiger partial charge in [-0.05, 0) is 44.6 Å². The molecule has 1 aromatic rings. The number of aromatic nitrogens is 2. The minimum absolute atomic E-state index is 0.532. The lowest BCUT2D eigenvalue weighted by molar-refractivity contribution is 0.208. The molecule has 0 amide bonds. The van der Waals surface area contributed by atoms with E-state index >= 15 is 0 Å². The summed E-state index contributed by atoms with van der Waals surface area (Å²) in [5, 5.41) is 8.97. The molecule has 0 radical (unpaired) electrons. The molecule has 120 valence electrons. The van der Waals surface area contributed by atoms with Crippen molar-refractivity contribution in [2.75, 3.05) is 6.54 Å². The molecule has 1 heterocycles. The quantitative estimate of drug-likeness (QED) is 0.856. The zero-order valence-corrected chi connectivity index (χ0v) is 14.7. The smallest absolute Gasteiger partial charge is 0.130 e. The van der Waals surface area contributed by atoms with Gasteiger partial charge in [-0.3, -0.25) is 4.68 Å². The Labute approximate surface area is 134 Å². The third kappa shape index (κ3) is 4.01. The Kier molecular flexibility index (Phi) is 6.12. The van der Waals surface area contributed by atoms with Crippen LogP contribution in [-0.4, -0.2) is 22.4 Å². The average Bonchev–Trinajstić information content (AvgIpc) is 2.73. The molecule has 1 saturated carbocycles. The average molecular weight is 312 g/mol. The van der Waals surface area contributed by atoms with Gasteiger partial charge in [0, 0.05) is 18.7 Å². The Morgan fingerprint density at radius 2 is 2.14 bits per heavy atom. The van der Waals surface area contributed by atoms with Crippen LogP contribution in [0.15, 0.2) is 0 Å². The maximum atomic E-state index is 6.43. The first-order valence-corrected chi connectivity index (χ1v) is 8.85. The lowest BCUT2D eigenvalue weighted by Crippen LogP contribution is -2.40. The predicted molar refractivity (Wildman–Crippen MR) is 89.9 cm³/mol. The zero-order valence-electron chi connectivity index (χ0n) is 14.0. The van der Waals surface area contributed by atoms with E-state index in [9.17, 15) is 0 Å². The third-order valence-corrected chi connectivity index (χ3v) is 5.60. The highest BCUT2D eigenvalue weighted by atomic mass is 35.5. The van der Waals surface area contributed by atoms with E-state index in [4.69, 9.17) is 11.6 Å². The summed E-state index contributed by atoms with van der Waals surface area (Å²) in [4.78, 5) is 0. The lowest BCUT2D eigenvalue weighted by Gasteiger charge is -2.35. The van der Waals surface area contributed by atoms with E-state index in [0.29, 0.717) is 6.04 Å². The first-order chi connectivity index (χ1) is 10.1. The first-order valence-electron chi connectivity index (χ1n) is 8.48. The maximum Gasteiger partial charge on any atom is 0.130 e. The maximum absolute atomic E-state index is 6.43. The number of likely N-dealkylation sites (N-methyl/N-ethyl adjacent to an activating group) is 1. The van der Waals surface area contributed by atoms with Crippen LogP contribution < -0.4 is 5.32 Å². The topological polar surface area (TPSA) is 29.9 Å². The molecule has 4 heteroatoms. The van der Waals surface area contributed by atoms with Gasteiger partial charge >= 0.3 is 0 Å². The second kappa shape index (κ2) is 7.64. The van der Waals surface area contributed by atoms with Crippen molar-refractivity contribution in [1.29, 1.82) is 0 Å². The van der Waals surface area contributed by atoms with Gasteiger partial charge in [-0.2, -0.15) is 5.10 Å². The third-order valence-electron chi connectivity index (χ3n) is 5.13. The molecule has 1 aliphatic rings. The van der Waals surface area contributed by atoms with Gasteiger partial charge in [-0.15, -0.1) is 0 Å². The monoisotopic (exact) mass is 311 g/mol. The van der Waals surface area contributed by atoms with Crippen molar-refractivity contribution in [3.63, 3.8) is 0 Å². The number of hydrogen-bond acceptors (Lipinski definition) is 2. The highest BCUT2D eigenvalue weighted by Gasteiger charge is 2.29. The van der Waals surface area contributed by atoms with E-state index in [1.54, 1.807) is 4.68 Å². The molecule has 0 bridgehead atoms. The van der Waals surface area contributed by atoms with E-state index in [-0.39, 0.29) is 0 Å². The van der Waals surface area contributed by atoms with Crippen molar-refractivity contribution in [2.45, 2.75) is 65.3 Å². The molecule has 0 saturated heterocycles. The van der Waals surface area contributed by atoms with Crippen LogP contribution in [0.2, 0.25) is 5.15 Å². The van der Waals surface area contributed by atoms with Crippen LogP contribution in [0.25, 0.3) is 0 Å². The number of rotatable bonds is 6. The van der Waals surface area contributed by atoms with Crippen molar-refractivity contribution < 1.29 is 0 Å². The Balaban J connectivity index is 2.11. The minimum Gasteiger partial charge on any atom is -0.314 e. The summed E-state index contributed by atoms with van der Waals surface area (Å²) in [5.74, 6) is 1.69. The molecule has 2 rings (SSSR count). The van der Waals surface area contributed by atoms with Crippen molar-refractivity contribution in [3.8, 4) is 0 Å². The molecule has 1 fully saturated rings. The Morgan fingerprint density at radius 1 is 1.38 bits per heavy atom. The molecule has 3 nitrogen and oxygen atoms in total. The molecule has 3 unspecified atom stereocenters. The van der Waals surface area contributed by atoms with Crippen molar-refractivity contribution >= 4 is 11.6 Å². The minimum atomic E-state index is 0.532. The van der Waals surface area contributed by atoms with Gasteiger partial charge in [0.15, 0.2) is 0 Å². The first kappa shape index (κ1) is 16.8. The van der Waals surface area contributed by atoms with E-state index in [0.717, 1.165) is 35.6 Å². The number of aryl methyl sites for hydroxylation is 2. The summed E-state index contributed by atoms with van der Waals surface area (Å²) < 4.78 is 1.80. The van der Waals surface area contributed by atoms with Gasteiger partial charge in [-0.25, -0.2) is 0 Å². The Morgan fingerprint density at radius 3 is 2.71 bits per heavy atom. The molecule has 0 aromatic carbocycles. The lowest BCUT2D eigenvalue weighted by atomic mass is 9.75. The number of hydrogen-bond donors (Lipinski definition) is 1. The molecule has 3 atom stereocenters. The highest BCUT2D eigenvalue weighted by Crippen LogP contribution is 2.34. The fourth-order valence-corrected chi connectivity index (χ4v) is 4.11. The molecule has 1 aromatic heterocycles. The van der Waals surface area contributed by atoms with E-state index in [2.05, 4.69) is 31.2 Å². The molecular formula is C17H30ClN3. The second-order valence-electron chi connectivity index (χ2n) is 6.55. The second-order valence-corrected chi connectivity index (χ2v) is 6.91. The molecule has 1 N–H and O–H groups in total. The van der Waals surface area contributed by atoms with Crippen LogP contribution >= 0.6 is 11.6 Å². The standard InChI is InChI=1S/C17H30ClN3/c1-5-13-8-7-9-14(10-13)16(19-6-2)11-15-12(3)20-21(4)17(15)18/h13-14,16,19H,5-11H2,1-4H3. The van der Waals surface area contributed by atoms with Crippen LogP contribution in [0.3, 0.4) is 0 Å². The molecule has 1 aliphatic carbocycles. The summed E-state index contributed by atoms with van der Waals surface area (Å²) in [6.45, 7) is 7.62. The van der Waals surface area contributed by atoms with Crippen molar-refractivity contribution in [1.82, 2.24) is 15.1 Å². The van der Waals surface area contributed by atoms with Gasteiger partial charge in [0.1, 0.15) is 5.15 Å². The Bertz CT molecular complexity index is 455. The van der Waals surface area contributed by atoms with Crippen LogP contribution in [0.4, 0.5) is 0 Å². The van der Waals surface area contributed by atoms with Crippen molar-refractivity contribution in [2.24, 2.45) is 18.9 Å². The fraction of sp³-hybridized carbons (Fsp3) is 0.824. The van der Waals surface area contributed by atoms with Gasteiger partial charge in [0.05, 0.1) is 5.69 Å². The predicted octanol–water partition coefficient (Wildman–Crippen LogP) is 4.12. The van der Waals surface area contributed by atoms with E-state index < -0.39 is 0 Å². The van der Waals surface area contributed by atoms with Gasteiger partial charge in [0.2, 0.25) is 0 Å². The van der Waals surface area contributed by atoms with Crippen LogP contribution in [-0.2, 0) is 13.5 Å². The van der Waals surface area contributed by atoms with E-state index in [1.165, 1.54) is 37.7 Å². The summed E-state index contributed by atoms with van der Waals surface area (Å²) in [5.41, 5.74) is 2.30. The summed E-state index contributed by atoms with van der Waals surface area (Å²) in [6, 6.07) is 0.532. The number of nitrogens with one attached hydrogen (secondary N) is 1. The largest absolute Gasteiger partial charge is 0.314 e. The summed E-state index contributed by atoms with van der Waals surface area (Å²) in [7, 11) is 1.93. The molecule has 21 heavy (non-hydrogen) atoms. The molecule has 0 aliphatic heterocycles. The summed E-state index contributed by atoms with van der Waals surface area (Å²) in [6.07, 6.45) is 7.84. The van der Waals surface area contributed by atoms with Crippen LogP contribution in [0, 0.1) is 18.8 Å². The van der Waals surface area contributed by atoms with Crippen LogP contribution in [0.5, 0.6) is 0 Å². The fourth-order valence-electron chi connectivity index (χ4n) is 3.86. The van der Waals surface area contributed by atoms with Gasteiger partial charge in [0.25, 0.3) is 0 Å². The summed E-state index contributed by atoms with van der Waals surface area (Å²) >= 11 is 6.43. The van der Waals surface area contributed by atoms with Gasteiger partial charge < -0.3 is 5.32 Å². The normalized spacial score (nSPS) is 24.2. The SMILES string of the molecule is CCNC(Cc1c(C)nn(C)c1Cl)C1CCCC(CC)C1. The molecular weight excluding hydrogens is 282 g/mol. The number of halogens is 1. The Hall–Kier alpha value is -0.540. The van der Waals surface area contributed by atoms with E-state index in [1.807, 2.05) is 7.05 Å². The number of nitrogens with zero attached hydrogens (tertiary/aromatic N) is 2. The molecule has 0 spiro atoms. The van der Waals surface area contributed by atoms with Crippen LogP contribution in [0.1, 0.15) is 57.2 Å². The van der Waals surface area contributed by atoms with Crippen molar-refractivity contribution in [3.05, 3.63) is 16.4 Å². The zero-order chi connectivity index (χ0) is 15.4. The van der Waals surface area contributed by atoms with Gasteiger partial charge in [-0.1, -0.05) is 44.7 Å². The highest BCUT2D eigenvalue weighted by molar-refractivity contribution is 6.30.